The van der Waals surface area contributed by atoms with Crippen molar-refractivity contribution < 1.29 is 14.3 Å². The molecule has 1 fully saturated rings. The number of benzene rings is 1. The van der Waals surface area contributed by atoms with Crippen LogP contribution in [0.15, 0.2) is 24.3 Å². The van der Waals surface area contributed by atoms with E-state index >= 15 is 0 Å². The highest BCUT2D eigenvalue weighted by atomic mass is 16.5. The first-order valence-corrected chi connectivity index (χ1v) is 5.78. The molecule has 1 unspecified atom stereocenters. The van der Waals surface area contributed by atoms with Crippen LogP contribution in [0.4, 0.5) is 0 Å². The van der Waals surface area contributed by atoms with E-state index < -0.39 is 0 Å². The van der Waals surface area contributed by atoms with Gasteiger partial charge in [-0.1, -0.05) is 12.1 Å². The molecule has 0 radical (unpaired) electrons. The van der Waals surface area contributed by atoms with E-state index in [2.05, 4.69) is 5.32 Å². The molecular weight excluding hydrogens is 218 g/mol. The van der Waals surface area contributed by atoms with E-state index in [9.17, 15) is 4.79 Å². The molecule has 1 N–H and O–H groups in total. The van der Waals surface area contributed by atoms with Gasteiger partial charge in [-0.3, -0.25) is 4.79 Å². The lowest BCUT2D eigenvalue weighted by Gasteiger charge is -2.09. The summed E-state index contributed by atoms with van der Waals surface area (Å²) in [5.41, 5.74) is 1.07. The van der Waals surface area contributed by atoms with Crippen LogP contribution in [-0.2, 0) is 16.1 Å². The van der Waals surface area contributed by atoms with E-state index in [0.29, 0.717) is 19.8 Å². The number of amides is 1. The topological polar surface area (TPSA) is 47.6 Å². The van der Waals surface area contributed by atoms with Crippen LogP contribution < -0.4 is 10.1 Å². The van der Waals surface area contributed by atoms with Crippen molar-refractivity contribution in [1.29, 1.82) is 0 Å². The Bertz CT molecular complexity index is 369. The zero-order valence-corrected chi connectivity index (χ0v) is 9.94. The van der Waals surface area contributed by atoms with Gasteiger partial charge in [0.1, 0.15) is 5.75 Å². The molecule has 4 nitrogen and oxygen atoms in total. The first-order valence-electron chi connectivity index (χ1n) is 5.78. The smallest absolute Gasteiger partial charge is 0.225 e. The summed E-state index contributed by atoms with van der Waals surface area (Å²) in [6.07, 6.45) is 0.828. The van der Waals surface area contributed by atoms with Gasteiger partial charge in [0, 0.05) is 13.2 Å². The Morgan fingerprint density at radius 2 is 2.24 bits per heavy atom. The van der Waals surface area contributed by atoms with Crippen molar-refractivity contribution in [3.05, 3.63) is 29.8 Å². The Morgan fingerprint density at radius 1 is 1.47 bits per heavy atom. The summed E-state index contributed by atoms with van der Waals surface area (Å²) in [5.74, 6) is 0.927. The standard InChI is InChI=1S/C13H17NO3/c1-16-12-4-2-10(3-5-12)8-14-13(15)11-6-7-17-9-11/h2-5,11H,6-9H2,1H3,(H,14,15). The molecule has 1 amide bonds. The third-order valence-electron chi connectivity index (χ3n) is 2.93. The van der Waals surface area contributed by atoms with E-state index in [4.69, 9.17) is 9.47 Å². The highest BCUT2D eigenvalue weighted by Gasteiger charge is 2.22. The number of rotatable bonds is 4. The minimum atomic E-state index is 0.0215. The molecule has 0 saturated carbocycles. The summed E-state index contributed by atoms with van der Waals surface area (Å²) in [6.45, 7) is 1.80. The quantitative estimate of drug-likeness (QED) is 0.857. The Labute approximate surface area is 101 Å². The SMILES string of the molecule is COc1ccc(CNC(=O)C2CCOC2)cc1. The van der Waals surface area contributed by atoms with Crippen LogP contribution in [0.1, 0.15) is 12.0 Å². The Balaban J connectivity index is 1.82. The molecule has 0 aromatic heterocycles. The van der Waals surface area contributed by atoms with Gasteiger partial charge in [0.25, 0.3) is 0 Å². The molecular formula is C13H17NO3. The molecule has 17 heavy (non-hydrogen) atoms. The molecule has 1 atom stereocenters. The predicted molar refractivity (Wildman–Crippen MR) is 63.8 cm³/mol. The van der Waals surface area contributed by atoms with Gasteiger partial charge in [0.15, 0.2) is 0 Å². The van der Waals surface area contributed by atoms with Gasteiger partial charge < -0.3 is 14.8 Å². The van der Waals surface area contributed by atoms with E-state index in [0.717, 1.165) is 17.7 Å². The average Bonchev–Trinajstić information content (AvgIpc) is 2.90. The maximum absolute atomic E-state index is 11.7. The molecule has 2 rings (SSSR count). The second kappa shape index (κ2) is 5.68. The van der Waals surface area contributed by atoms with Crippen LogP contribution >= 0.6 is 0 Å². The van der Waals surface area contributed by atoms with E-state index in [1.165, 1.54) is 0 Å². The van der Waals surface area contributed by atoms with Crippen molar-refractivity contribution in [2.45, 2.75) is 13.0 Å². The van der Waals surface area contributed by atoms with Gasteiger partial charge in [-0.2, -0.15) is 0 Å². The van der Waals surface area contributed by atoms with Gasteiger partial charge in [-0.15, -0.1) is 0 Å². The second-order valence-corrected chi connectivity index (χ2v) is 4.13. The summed E-state index contributed by atoms with van der Waals surface area (Å²) in [5, 5.41) is 2.92. The highest BCUT2D eigenvalue weighted by Crippen LogP contribution is 2.13. The van der Waals surface area contributed by atoms with Crippen LogP contribution in [0.25, 0.3) is 0 Å². The Kier molecular flexibility index (Phi) is 3.98. The monoisotopic (exact) mass is 235 g/mol. The van der Waals surface area contributed by atoms with E-state index in [-0.39, 0.29) is 11.8 Å². The normalized spacial score (nSPS) is 19.0. The number of methoxy groups -OCH3 is 1. The van der Waals surface area contributed by atoms with Crippen LogP contribution in [0, 0.1) is 5.92 Å². The first kappa shape index (κ1) is 11.9. The predicted octanol–water partition coefficient (Wildman–Crippen LogP) is 1.35. The van der Waals surface area contributed by atoms with Crippen LogP contribution in [-0.4, -0.2) is 26.2 Å². The average molecular weight is 235 g/mol. The van der Waals surface area contributed by atoms with Gasteiger partial charge in [0.05, 0.1) is 19.6 Å². The number of ether oxygens (including phenoxy) is 2. The van der Waals surface area contributed by atoms with Crippen LogP contribution in [0.2, 0.25) is 0 Å². The van der Waals surface area contributed by atoms with Crippen LogP contribution in [0.5, 0.6) is 5.75 Å². The maximum Gasteiger partial charge on any atom is 0.225 e. The lowest BCUT2D eigenvalue weighted by Crippen LogP contribution is -2.30. The molecule has 92 valence electrons. The molecule has 1 saturated heterocycles. The fourth-order valence-corrected chi connectivity index (χ4v) is 1.82. The molecule has 1 aliphatic rings. The van der Waals surface area contributed by atoms with Gasteiger partial charge >= 0.3 is 0 Å². The fourth-order valence-electron chi connectivity index (χ4n) is 1.82. The minimum Gasteiger partial charge on any atom is -0.497 e. The molecule has 4 heteroatoms. The molecule has 1 aromatic carbocycles. The Hall–Kier alpha value is -1.55. The van der Waals surface area contributed by atoms with Gasteiger partial charge in [-0.05, 0) is 24.1 Å². The third-order valence-corrected chi connectivity index (χ3v) is 2.93. The summed E-state index contributed by atoms with van der Waals surface area (Å²) in [7, 11) is 1.64. The van der Waals surface area contributed by atoms with Crippen molar-refractivity contribution in [2.24, 2.45) is 5.92 Å². The lowest BCUT2D eigenvalue weighted by molar-refractivity contribution is -0.125. The largest absolute Gasteiger partial charge is 0.497 e. The number of hydrogen-bond donors (Lipinski definition) is 1. The van der Waals surface area contributed by atoms with E-state index in [1.807, 2.05) is 24.3 Å². The number of carbonyl (C=O) groups is 1. The van der Waals surface area contributed by atoms with Crippen molar-refractivity contribution in [2.75, 3.05) is 20.3 Å². The van der Waals surface area contributed by atoms with Crippen molar-refractivity contribution in [3.63, 3.8) is 0 Å². The fraction of sp³-hybridized carbons (Fsp3) is 0.462. The molecule has 0 spiro atoms. The Morgan fingerprint density at radius 3 is 2.82 bits per heavy atom. The summed E-state index contributed by atoms with van der Waals surface area (Å²) in [4.78, 5) is 11.7. The van der Waals surface area contributed by atoms with Crippen molar-refractivity contribution in [3.8, 4) is 5.75 Å². The third kappa shape index (κ3) is 3.20. The lowest BCUT2D eigenvalue weighted by atomic mass is 10.1. The minimum absolute atomic E-state index is 0.0215. The number of hydrogen-bond acceptors (Lipinski definition) is 3. The maximum atomic E-state index is 11.7. The number of nitrogens with one attached hydrogen (secondary N) is 1. The van der Waals surface area contributed by atoms with E-state index in [1.54, 1.807) is 7.11 Å². The van der Waals surface area contributed by atoms with Crippen LogP contribution in [0.3, 0.4) is 0 Å². The highest BCUT2D eigenvalue weighted by molar-refractivity contribution is 5.78. The molecule has 0 aliphatic carbocycles. The van der Waals surface area contributed by atoms with Crippen molar-refractivity contribution >= 4 is 5.91 Å². The zero-order valence-electron chi connectivity index (χ0n) is 9.94. The molecule has 1 aliphatic heterocycles. The molecule has 1 heterocycles. The molecule has 1 aromatic rings. The molecule has 0 bridgehead atoms. The van der Waals surface area contributed by atoms with Crippen molar-refractivity contribution in [1.82, 2.24) is 5.32 Å². The van der Waals surface area contributed by atoms with Gasteiger partial charge in [0.2, 0.25) is 5.91 Å². The summed E-state index contributed by atoms with van der Waals surface area (Å²) in [6, 6.07) is 7.68. The summed E-state index contributed by atoms with van der Waals surface area (Å²) >= 11 is 0. The zero-order chi connectivity index (χ0) is 12.1. The first-order chi connectivity index (χ1) is 8.29. The second-order valence-electron chi connectivity index (χ2n) is 4.13. The summed E-state index contributed by atoms with van der Waals surface area (Å²) < 4.78 is 10.3. The van der Waals surface area contributed by atoms with Gasteiger partial charge in [-0.25, -0.2) is 0 Å². The number of carbonyl (C=O) groups excluding carboxylic acids is 1.